The van der Waals surface area contributed by atoms with Crippen LogP contribution in [0.25, 0.3) is 4.96 Å². The zero-order valence-electron chi connectivity index (χ0n) is 13.8. The molecule has 2 aromatic rings. The van der Waals surface area contributed by atoms with Gasteiger partial charge in [-0.15, -0.1) is 5.10 Å². The Morgan fingerprint density at radius 1 is 1.43 bits per heavy atom. The molecule has 0 amide bonds. The fourth-order valence-electron chi connectivity index (χ4n) is 2.82. The standard InChI is InChI=1S/C15H23N5O2S/c1-4-15(3,19-5-7-22-8-6-19)10-16-13-18-20-12(21)9-11(2)17-14(20)23-13/h9H,4-8,10H2,1-3H3,(H,16,18)/t15-/m0/s1. The van der Waals surface area contributed by atoms with Crippen LogP contribution in [0.5, 0.6) is 0 Å². The van der Waals surface area contributed by atoms with Crippen LogP contribution in [0.4, 0.5) is 5.13 Å². The van der Waals surface area contributed by atoms with Crippen molar-refractivity contribution in [2.75, 3.05) is 38.2 Å². The zero-order valence-corrected chi connectivity index (χ0v) is 14.7. The van der Waals surface area contributed by atoms with Gasteiger partial charge in [0.25, 0.3) is 5.56 Å². The lowest BCUT2D eigenvalue weighted by atomic mass is 9.96. The summed E-state index contributed by atoms with van der Waals surface area (Å²) >= 11 is 1.41. The molecule has 1 atom stereocenters. The van der Waals surface area contributed by atoms with Crippen molar-refractivity contribution < 1.29 is 4.74 Å². The third kappa shape index (κ3) is 3.39. The molecule has 23 heavy (non-hydrogen) atoms. The molecule has 0 spiro atoms. The van der Waals surface area contributed by atoms with Crippen LogP contribution in [-0.2, 0) is 4.74 Å². The lowest BCUT2D eigenvalue weighted by Gasteiger charge is -2.43. The van der Waals surface area contributed by atoms with Gasteiger partial charge in [0, 0.05) is 36.9 Å². The van der Waals surface area contributed by atoms with Crippen LogP contribution in [0.15, 0.2) is 10.9 Å². The fourth-order valence-corrected chi connectivity index (χ4v) is 3.67. The van der Waals surface area contributed by atoms with Gasteiger partial charge in [-0.3, -0.25) is 9.69 Å². The van der Waals surface area contributed by atoms with E-state index in [0.717, 1.165) is 50.1 Å². The number of aromatic nitrogens is 3. The minimum Gasteiger partial charge on any atom is -0.379 e. The van der Waals surface area contributed by atoms with E-state index in [1.54, 1.807) is 0 Å². The molecule has 1 N–H and O–H groups in total. The number of ether oxygens (including phenoxy) is 1. The van der Waals surface area contributed by atoms with Gasteiger partial charge < -0.3 is 10.1 Å². The molecule has 0 radical (unpaired) electrons. The Morgan fingerprint density at radius 2 is 2.17 bits per heavy atom. The van der Waals surface area contributed by atoms with Crippen molar-refractivity contribution >= 4 is 21.4 Å². The summed E-state index contributed by atoms with van der Waals surface area (Å²) in [5.41, 5.74) is 0.621. The highest BCUT2D eigenvalue weighted by atomic mass is 32.1. The molecule has 1 saturated heterocycles. The first kappa shape index (κ1) is 16.4. The van der Waals surface area contributed by atoms with Gasteiger partial charge in [0.15, 0.2) is 0 Å². The Labute approximate surface area is 139 Å². The highest BCUT2D eigenvalue weighted by molar-refractivity contribution is 7.20. The van der Waals surface area contributed by atoms with Crippen molar-refractivity contribution in [3.63, 3.8) is 0 Å². The highest BCUT2D eigenvalue weighted by Gasteiger charge is 2.31. The number of rotatable bonds is 5. The summed E-state index contributed by atoms with van der Waals surface area (Å²) in [6.07, 6.45) is 1.03. The van der Waals surface area contributed by atoms with E-state index in [2.05, 4.69) is 34.1 Å². The molecular weight excluding hydrogens is 314 g/mol. The Balaban J connectivity index is 1.76. The summed E-state index contributed by atoms with van der Waals surface area (Å²) < 4.78 is 6.81. The molecule has 8 heteroatoms. The van der Waals surface area contributed by atoms with Crippen LogP contribution in [-0.4, -0.2) is 57.9 Å². The molecule has 126 valence electrons. The van der Waals surface area contributed by atoms with Crippen LogP contribution in [0, 0.1) is 6.92 Å². The molecule has 1 aliphatic heterocycles. The maximum Gasteiger partial charge on any atom is 0.275 e. The van der Waals surface area contributed by atoms with Gasteiger partial charge in [-0.25, -0.2) is 4.98 Å². The number of nitrogens with one attached hydrogen (secondary N) is 1. The Morgan fingerprint density at radius 3 is 2.87 bits per heavy atom. The van der Waals surface area contributed by atoms with Crippen LogP contribution in [0.2, 0.25) is 0 Å². The van der Waals surface area contributed by atoms with E-state index in [9.17, 15) is 4.79 Å². The van der Waals surface area contributed by atoms with Crippen LogP contribution in [0.3, 0.4) is 0 Å². The second kappa shape index (κ2) is 6.54. The molecular formula is C15H23N5O2S. The third-order valence-corrected chi connectivity index (χ3v) is 5.40. The molecule has 0 bridgehead atoms. The molecule has 0 unspecified atom stereocenters. The third-order valence-electron chi connectivity index (χ3n) is 4.53. The van der Waals surface area contributed by atoms with E-state index in [0.29, 0.717) is 4.96 Å². The van der Waals surface area contributed by atoms with Gasteiger partial charge >= 0.3 is 0 Å². The minimum absolute atomic E-state index is 0.0376. The molecule has 0 aliphatic carbocycles. The van der Waals surface area contributed by atoms with Crippen molar-refractivity contribution in [1.82, 2.24) is 19.5 Å². The van der Waals surface area contributed by atoms with Crippen LogP contribution >= 0.6 is 11.3 Å². The van der Waals surface area contributed by atoms with Gasteiger partial charge in [0.2, 0.25) is 10.1 Å². The number of hydrogen-bond donors (Lipinski definition) is 1. The summed E-state index contributed by atoms with van der Waals surface area (Å²) in [4.78, 5) is 19.4. The number of anilines is 1. The summed E-state index contributed by atoms with van der Waals surface area (Å²) in [7, 11) is 0. The van der Waals surface area contributed by atoms with Gasteiger partial charge in [-0.1, -0.05) is 18.3 Å². The predicted octanol–water partition coefficient (Wildman–Crippen LogP) is 1.37. The number of nitrogens with zero attached hydrogens (tertiary/aromatic N) is 4. The van der Waals surface area contributed by atoms with E-state index in [1.807, 2.05) is 6.92 Å². The quantitative estimate of drug-likeness (QED) is 0.888. The van der Waals surface area contributed by atoms with Crippen LogP contribution in [0.1, 0.15) is 26.0 Å². The van der Waals surface area contributed by atoms with E-state index in [4.69, 9.17) is 4.74 Å². The molecule has 2 aromatic heterocycles. The van der Waals surface area contributed by atoms with Gasteiger partial charge in [0.05, 0.1) is 13.2 Å². The smallest absolute Gasteiger partial charge is 0.275 e. The fraction of sp³-hybridized carbons (Fsp3) is 0.667. The second-order valence-corrected chi connectivity index (χ2v) is 7.10. The first-order chi connectivity index (χ1) is 11.0. The zero-order chi connectivity index (χ0) is 16.4. The maximum absolute atomic E-state index is 11.9. The molecule has 0 aromatic carbocycles. The van der Waals surface area contributed by atoms with Gasteiger partial charge in [0.1, 0.15) is 0 Å². The summed E-state index contributed by atoms with van der Waals surface area (Å²) in [6, 6.07) is 1.50. The lowest BCUT2D eigenvalue weighted by molar-refractivity contribution is -0.0131. The topological polar surface area (TPSA) is 71.8 Å². The molecule has 1 fully saturated rings. The van der Waals surface area contributed by atoms with Crippen molar-refractivity contribution in [3.05, 3.63) is 22.1 Å². The Kier molecular flexibility index (Phi) is 4.65. The number of fused-ring (bicyclic) bond motifs is 1. The van der Waals surface area contributed by atoms with E-state index in [-0.39, 0.29) is 11.1 Å². The lowest BCUT2D eigenvalue weighted by Crippen LogP contribution is -2.54. The van der Waals surface area contributed by atoms with Gasteiger partial charge in [-0.05, 0) is 20.3 Å². The van der Waals surface area contributed by atoms with Gasteiger partial charge in [-0.2, -0.15) is 4.52 Å². The SMILES string of the molecule is CC[C@@](C)(CNc1nn2c(=O)cc(C)nc2s1)N1CCOCC1. The predicted molar refractivity (Wildman–Crippen MR) is 91.4 cm³/mol. The summed E-state index contributed by atoms with van der Waals surface area (Å²) in [6.45, 7) is 10.5. The average Bonchev–Trinajstić information content (AvgIpc) is 2.97. The van der Waals surface area contributed by atoms with Crippen molar-refractivity contribution in [3.8, 4) is 0 Å². The monoisotopic (exact) mass is 337 g/mol. The number of morpholine rings is 1. The van der Waals surface area contributed by atoms with E-state index < -0.39 is 0 Å². The average molecular weight is 337 g/mol. The maximum atomic E-state index is 11.9. The molecule has 1 aliphatic rings. The van der Waals surface area contributed by atoms with E-state index in [1.165, 1.54) is 21.9 Å². The summed E-state index contributed by atoms with van der Waals surface area (Å²) in [5.74, 6) is 0. The van der Waals surface area contributed by atoms with Crippen molar-refractivity contribution in [2.24, 2.45) is 0 Å². The minimum atomic E-state index is -0.136. The number of hydrogen-bond acceptors (Lipinski definition) is 7. The van der Waals surface area contributed by atoms with Crippen LogP contribution < -0.4 is 10.9 Å². The van der Waals surface area contributed by atoms with E-state index >= 15 is 0 Å². The Hall–Kier alpha value is -1.51. The normalized spacial score (nSPS) is 18.9. The van der Waals surface area contributed by atoms with Crippen molar-refractivity contribution in [2.45, 2.75) is 32.7 Å². The first-order valence-electron chi connectivity index (χ1n) is 7.96. The molecule has 7 nitrogen and oxygen atoms in total. The molecule has 3 heterocycles. The first-order valence-corrected chi connectivity index (χ1v) is 8.78. The highest BCUT2D eigenvalue weighted by Crippen LogP contribution is 2.23. The molecule has 3 rings (SSSR count). The molecule has 0 saturated carbocycles. The second-order valence-electron chi connectivity index (χ2n) is 6.14. The Bertz CT molecular complexity index is 737. The summed E-state index contributed by atoms with van der Waals surface area (Å²) in [5, 5.41) is 8.47. The number of aryl methyl sites for hydroxylation is 1. The van der Waals surface area contributed by atoms with Crippen molar-refractivity contribution in [1.29, 1.82) is 0 Å². The largest absolute Gasteiger partial charge is 0.379 e.